The molecule has 0 saturated carbocycles. The summed E-state index contributed by atoms with van der Waals surface area (Å²) in [7, 11) is 0. The average Bonchev–Trinajstić information content (AvgIpc) is 2.94. The van der Waals surface area contributed by atoms with Crippen LogP contribution in [0.1, 0.15) is 33.3 Å². The first-order valence-electron chi connectivity index (χ1n) is 8.83. The van der Waals surface area contributed by atoms with E-state index in [1.807, 2.05) is 52.0 Å². The first kappa shape index (κ1) is 19.5. The smallest absolute Gasteiger partial charge is 0.410 e. The van der Waals surface area contributed by atoms with E-state index in [9.17, 15) is 4.79 Å². The van der Waals surface area contributed by atoms with Crippen molar-refractivity contribution in [3.8, 4) is 5.75 Å². The minimum Gasteiger partial charge on any atom is -0.491 e. The van der Waals surface area contributed by atoms with Gasteiger partial charge in [-0.2, -0.15) is 0 Å². The highest BCUT2D eigenvalue weighted by molar-refractivity contribution is 5.70. The fraction of sp³-hybridized carbons (Fsp3) is 0.632. The molecule has 0 radical (unpaired) electrons. The van der Waals surface area contributed by atoms with E-state index in [2.05, 4.69) is 0 Å². The van der Waals surface area contributed by atoms with Gasteiger partial charge in [0.25, 0.3) is 0 Å². The highest BCUT2D eigenvalue weighted by atomic mass is 16.6. The van der Waals surface area contributed by atoms with Gasteiger partial charge < -0.3 is 18.9 Å². The number of hydrogen-bond acceptors (Lipinski definition) is 5. The lowest BCUT2D eigenvalue weighted by molar-refractivity contribution is 0.0143. The van der Waals surface area contributed by atoms with Crippen molar-refractivity contribution in [3.63, 3.8) is 0 Å². The molecule has 6 nitrogen and oxygen atoms in total. The van der Waals surface area contributed by atoms with Crippen molar-refractivity contribution >= 4 is 6.09 Å². The van der Waals surface area contributed by atoms with E-state index < -0.39 is 0 Å². The van der Waals surface area contributed by atoms with Crippen LogP contribution in [0, 0.1) is 0 Å². The molecule has 1 atom stereocenters. The van der Waals surface area contributed by atoms with Gasteiger partial charge in [0.2, 0.25) is 0 Å². The van der Waals surface area contributed by atoms with Crippen LogP contribution in [0.25, 0.3) is 0 Å². The predicted molar refractivity (Wildman–Crippen MR) is 94.8 cm³/mol. The number of rotatable bonds is 10. The molecule has 0 aromatic heterocycles. The van der Waals surface area contributed by atoms with Crippen molar-refractivity contribution in [1.29, 1.82) is 0 Å². The highest BCUT2D eigenvalue weighted by Crippen LogP contribution is 2.19. The van der Waals surface area contributed by atoms with E-state index in [-0.39, 0.29) is 24.3 Å². The Morgan fingerprint density at radius 1 is 1.16 bits per heavy atom. The molecule has 1 saturated heterocycles. The average molecular weight is 351 g/mol. The van der Waals surface area contributed by atoms with Gasteiger partial charge in [-0.3, -0.25) is 4.90 Å². The fourth-order valence-electron chi connectivity index (χ4n) is 2.64. The molecule has 140 valence electrons. The molecule has 0 N–H and O–H groups in total. The van der Waals surface area contributed by atoms with Crippen LogP contribution in [0.4, 0.5) is 4.79 Å². The molecule has 0 spiro atoms. The number of carbonyl (C=O) groups is 1. The summed E-state index contributed by atoms with van der Waals surface area (Å²) in [5.74, 6) is 0.773. The highest BCUT2D eigenvalue weighted by Gasteiger charge is 2.35. The quantitative estimate of drug-likeness (QED) is 0.606. The molecule has 1 unspecified atom stereocenters. The Morgan fingerprint density at radius 2 is 1.88 bits per heavy atom. The van der Waals surface area contributed by atoms with E-state index in [1.165, 1.54) is 0 Å². The van der Waals surface area contributed by atoms with Crippen molar-refractivity contribution in [3.05, 3.63) is 29.8 Å². The molecule has 1 aliphatic rings. The van der Waals surface area contributed by atoms with Gasteiger partial charge in [-0.05, 0) is 45.4 Å². The van der Waals surface area contributed by atoms with Crippen LogP contribution in [0.15, 0.2) is 24.3 Å². The zero-order chi connectivity index (χ0) is 18.2. The van der Waals surface area contributed by atoms with Gasteiger partial charge in [0.15, 0.2) is 0 Å². The fourth-order valence-corrected chi connectivity index (χ4v) is 2.64. The third-order valence-corrected chi connectivity index (χ3v) is 3.87. The van der Waals surface area contributed by atoms with E-state index in [1.54, 1.807) is 4.90 Å². The van der Waals surface area contributed by atoms with Crippen LogP contribution in [-0.2, 0) is 20.8 Å². The van der Waals surface area contributed by atoms with Gasteiger partial charge in [0.05, 0.1) is 25.9 Å². The van der Waals surface area contributed by atoms with Crippen LogP contribution in [0.3, 0.4) is 0 Å². The Labute approximate surface area is 150 Å². The molecule has 1 fully saturated rings. The van der Waals surface area contributed by atoms with Gasteiger partial charge in [0, 0.05) is 6.04 Å². The Hall–Kier alpha value is -1.79. The van der Waals surface area contributed by atoms with Crippen LogP contribution in [-0.4, -0.2) is 55.6 Å². The number of ether oxygens (including phenoxy) is 4. The maximum atomic E-state index is 11.7. The lowest BCUT2D eigenvalue weighted by atomic mass is 10.2. The number of benzene rings is 1. The summed E-state index contributed by atoms with van der Waals surface area (Å²) in [6.45, 7) is 10.5. The van der Waals surface area contributed by atoms with Gasteiger partial charge >= 0.3 is 6.09 Å². The SMILES string of the molecule is CC(C)OCCOCc1ccc(OCC2COC(=O)N2C(C)C)cc1. The molecular weight excluding hydrogens is 322 g/mol. The molecule has 0 bridgehead atoms. The van der Waals surface area contributed by atoms with Crippen molar-refractivity contribution in [1.82, 2.24) is 4.90 Å². The lowest BCUT2D eigenvalue weighted by Gasteiger charge is -2.25. The topological polar surface area (TPSA) is 57.2 Å². The number of cyclic esters (lactones) is 1. The molecule has 0 aliphatic carbocycles. The molecule has 1 amide bonds. The van der Waals surface area contributed by atoms with Crippen molar-refractivity contribution in [2.75, 3.05) is 26.4 Å². The van der Waals surface area contributed by atoms with Gasteiger partial charge in [0.1, 0.15) is 25.0 Å². The lowest BCUT2D eigenvalue weighted by Crippen LogP contribution is -2.42. The molecule has 1 aromatic carbocycles. The van der Waals surface area contributed by atoms with Crippen LogP contribution in [0.5, 0.6) is 5.75 Å². The summed E-state index contributed by atoms with van der Waals surface area (Å²) >= 11 is 0. The maximum absolute atomic E-state index is 11.7. The normalized spacial score (nSPS) is 17.4. The van der Waals surface area contributed by atoms with E-state index in [4.69, 9.17) is 18.9 Å². The summed E-state index contributed by atoms with van der Waals surface area (Å²) < 4.78 is 21.9. The van der Waals surface area contributed by atoms with Gasteiger partial charge in [-0.15, -0.1) is 0 Å². The number of amides is 1. The standard InChI is InChI=1S/C19H29NO5/c1-14(2)20-17(13-25-19(20)21)12-24-18-7-5-16(6-8-18)11-22-9-10-23-15(3)4/h5-8,14-15,17H,9-13H2,1-4H3. The van der Waals surface area contributed by atoms with Crippen LogP contribution >= 0.6 is 0 Å². The molecule has 1 heterocycles. The zero-order valence-electron chi connectivity index (χ0n) is 15.6. The molecule has 25 heavy (non-hydrogen) atoms. The second-order valence-corrected chi connectivity index (χ2v) is 6.66. The van der Waals surface area contributed by atoms with E-state index in [0.29, 0.717) is 33.0 Å². The third-order valence-electron chi connectivity index (χ3n) is 3.87. The van der Waals surface area contributed by atoms with Crippen molar-refractivity contribution in [2.24, 2.45) is 0 Å². The molecular formula is C19H29NO5. The van der Waals surface area contributed by atoms with E-state index in [0.717, 1.165) is 11.3 Å². The Morgan fingerprint density at radius 3 is 2.52 bits per heavy atom. The Kier molecular flexibility index (Phi) is 7.52. The predicted octanol–water partition coefficient (Wildman–Crippen LogP) is 3.24. The largest absolute Gasteiger partial charge is 0.491 e. The molecule has 6 heteroatoms. The number of carbonyl (C=O) groups excluding carboxylic acids is 1. The minimum absolute atomic E-state index is 0.0449. The summed E-state index contributed by atoms with van der Waals surface area (Å²) in [6.07, 6.45) is -0.0373. The van der Waals surface area contributed by atoms with Crippen LogP contribution in [0.2, 0.25) is 0 Å². The monoisotopic (exact) mass is 351 g/mol. The molecule has 2 rings (SSSR count). The number of nitrogens with zero attached hydrogens (tertiary/aromatic N) is 1. The summed E-state index contributed by atoms with van der Waals surface area (Å²) in [6, 6.07) is 7.85. The van der Waals surface area contributed by atoms with Crippen LogP contribution < -0.4 is 4.74 Å². The summed E-state index contributed by atoms with van der Waals surface area (Å²) in [4.78, 5) is 13.4. The van der Waals surface area contributed by atoms with E-state index >= 15 is 0 Å². The molecule has 1 aliphatic heterocycles. The Balaban J connectivity index is 1.72. The first-order valence-corrected chi connectivity index (χ1v) is 8.83. The number of hydrogen-bond donors (Lipinski definition) is 0. The summed E-state index contributed by atoms with van der Waals surface area (Å²) in [5.41, 5.74) is 1.08. The minimum atomic E-state index is -0.266. The van der Waals surface area contributed by atoms with Gasteiger partial charge in [-0.1, -0.05) is 12.1 Å². The Bertz CT molecular complexity index is 529. The molecule has 1 aromatic rings. The van der Waals surface area contributed by atoms with Crippen molar-refractivity contribution in [2.45, 2.75) is 52.5 Å². The second-order valence-electron chi connectivity index (χ2n) is 6.66. The van der Waals surface area contributed by atoms with Gasteiger partial charge in [-0.25, -0.2) is 4.79 Å². The second kappa shape index (κ2) is 9.63. The maximum Gasteiger partial charge on any atom is 0.410 e. The summed E-state index contributed by atoms with van der Waals surface area (Å²) in [5, 5.41) is 0. The first-order chi connectivity index (χ1) is 12.0. The zero-order valence-corrected chi connectivity index (χ0v) is 15.6. The third kappa shape index (κ3) is 6.21. The van der Waals surface area contributed by atoms with Crippen molar-refractivity contribution < 1.29 is 23.7 Å².